The summed E-state index contributed by atoms with van der Waals surface area (Å²) >= 11 is 7.15. The van der Waals surface area contributed by atoms with Crippen molar-refractivity contribution in [1.29, 1.82) is 0 Å². The van der Waals surface area contributed by atoms with E-state index in [1.807, 2.05) is 25.7 Å². The Balaban J connectivity index is 1.84. The molecule has 2 aromatic rings. The lowest BCUT2D eigenvalue weighted by molar-refractivity contribution is 0.0994. The highest BCUT2D eigenvalue weighted by Crippen LogP contribution is 2.32. The first-order valence-corrected chi connectivity index (χ1v) is 9.23. The maximum Gasteiger partial charge on any atom is 0.178 e. The number of thiophene rings is 1. The molecule has 0 unspecified atom stereocenters. The quantitative estimate of drug-likeness (QED) is 0.771. The van der Waals surface area contributed by atoms with E-state index in [9.17, 15) is 4.79 Å². The molecule has 1 aliphatic heterocycles. The second-order valence-corrected chi connectivity index (χ2v) is 7.97. The van der Waals surface area contributed by atoms with Crippen molar-refractivity contribution >= 4 is 44.8 Å². The zero-order valence-corrected chi connectivity index (χ0v) is 14.6. The molecule has 1 aliphatic rings. The summed E-state index contributed by atoms with van der Waals surface area (Å²) in [4.78, 5) is 14.8. The Hall–Kier alpha value is -0.590. The predicted octanol–water partition coefficient (Wildman–Crippen LogP) is 3.77. The van der Waals surface area contributed by atoms with Gasteiger partial charge in [0.2, 0.25) is 0 Å². The third-order valence-corrected chi connectivity index (χ3v) is 6.81. The lowest BCUT2D eigenvalue weighted by atomic mass is 10.1. The van der Waals surface area contributed by atoms with Crippen LogP contribution in [0.4, 0.5) is 0 Å². The second-order valence-electron chi connectivity index (χ2n) is 4.93. The van der Waals surface area contributed by atoms with E-state index in [-0.39, 0.29) is 5.78 Å². The first kappa shape index (κ1) is 14.4. The minimum absolute atomic E-state index is 0.193. The molecule has 0 saturated heterocycles. The maximum atomic E-state index is 12.5. The largest absolute Gasteiger partial charge is 0.293 e. The molecule has 106 valence electrons. The number of hydrogen-bond donors (Lipinski definition) is 0. The van der Waals surface area contributed by atoms with Crippen LogP contribution in [-0.2, 0) is 25.6 Å². The van der Waals surface area contributed by atoms with Gasteiger partial charge in [-0.15, -0.1) is 11.3 Å². The Morgan fingerprint density at radius 3 is 3.00 bits per heavy atom. The molecule has 0 saturated carbocycles. The zero-order valence-electron chi connectivity index (χ0n) is 11.4. The number of nitrogens with zero attached hydrogens (tertiary/aromatic N) is 2. The van der Waals surface area contributed by atoms with Gasteiger partial charge in [-0.1, -0.05) is 0 Å². The molecule has 2 aromatic heterocycles. The highest BCUT2D eigenvalue weighted by Gasteiger charge is 2.20. The summed E-state index contributed by atoms with van der Waals surface area (Å²) < 4.78 is 2.74. The average Bonchev–Trinajstić information content (AvgIpc) is 2.95. The molecule has 0 aliphatic carbocycles. The average molecular weight is 371 g/mol. The summed E-state index contributed by atoms with van der Waals surface area (Å²) in [7, 11) is 1.89. The third-order valence-electron chi connectivity index (χ3n) is 3.49. The second kappa shape index (κ2) is 5.66. The van der Waals surface area contributed by atoms with Gasteiger partial charge in [0.05, 0.1) is 27.2 Å². The van der Waals surface area contributed by atoms with Crippen molar-refractivity contribution in [2.24, 2.45) is 7.05 Å². The van der Waals surface area contributed by atoms with Gasteiger partial charge in [0.15, 0.2) is 5.78 Å². The molecule has 6 heteroatoms. The predicted molar refractivity (Wildman–Crippen MR) is 87.9 cm³/mol. The standard InChI is InChI=1S/C14H15BrN2OS2/c1-8-14(15)10(17(2)16-8)6-11(18)13-5-9-7-19-4-3-12(9)20-13/h5H,3-4,6-7H2,1-2H3. The van der Waals surface area contributed by atoms with Crippen LogP contribution < -0.4 is 0 Å². The highest BCUT2D eigenvalue weighted by molar-refractivity contribution is 9.10. The van der Waals surface area contributed by atoms with Crippen LogP contribution in [-0.4, -0.2) is 21.3 Å². The van der Waals surface area contributed by atoms with E-state index in [0.717, 1.165) is 32.9 Å². The summed E-state index contributed by atoms with van der Waals surface area (Å²) in [6.45, 7) is 1.94. The topological polar surface area (TPSA) is 34.9 Å². The fourth-order valence-corrected chi connectivity index (χ4v) is 5.18. The molecule has 3 rings (SSSR count). The Bertz CT molecular complexity index is 652. The Morgan fingerprint density at radius 2 is 2.35 bits per heavy atom. The number of carbonyl (C=O) groups is 1. The van der Waals surface area contributed by atoms with E-state index < -0.39 is 0 Å². The molecule has 20 heavy (non-hydrogen) atoms. The number of fused-ring (bicyclic) bond motifs is 1. The number of aromatic nitrogens is 2. The fraction of sp³-hybridized carbons (Fsp3) is 0.429. The van der Waals surface area contributed by atoms with Gasteiger partial charge in [0.25, 0.3) is 0 Å². The molecule has 3 nitrogen and oxygen atoms in total. The van der Waals surface area contributed by atoms with Crippen LogP contribution in [0.15, 0.2) is 10.5 Å². The summed E-state index contributed by atoms with van der Waals surface area (Å²) in [5, 5.41) is 4.34. The van der Waals surface area contributed by atoms with Crippen LogP contribution in [0.2, 0.25) is 0 Å². The van der Waals surface area contributed by atoms with Crippen LogP contribution in [0.25, 0.3) is 0 Å². The van der Waals surface area contributed by atoms with Crippen molar-refractivity contribution in [1.82, 2.24) is 9.78 Å². The maximum absolute atomic E-state index is 12.5. The molecule has 0 aromatic carbocycles. The SMILES string of the molecule is Cc1nn(C)c(CC(=O)c2cc3c(s2)CCSC3)c1Br. The molecule has 3 heterocycles. The van der Waals surface area contributed by atoms with E-state index in [1.165, 1.54) is 16.2 Å². The van der Waals surface area contributed by atoms with Gasteiger partial charge in [-0.05, 0) is 46.7 Å². The first-order valence-electron chi connectivity index (χ1n) is 6.46. The van der Waals surface area contributed by atoms with Gasteiger partial charge in [-0.2, -0.15) is 16.9 Å². The van der Waals surface area contributed by atoms with E-state index in [1.54, 1.807) is 16.0 Å². The minimum Gasteiger partial charge on any atom is -0.293 e. The summed E-state index contributed by atoms with van der Waals surface area (Å²) in [6, 6.07) is 2.09. The van der Waals surface area contributed by atoms with Crippen molar-refractivity contribution < 1.29 is 4.79 Å². The molecule has 0 fully saturated rings. The lowest BCUT2D eigenvalue weighted by Gasteiger charge is -2.08. The lowest BCUT2D eigenvalue weighted by Crippen LogP contribution is -2.07. The number of aryl methyl sites for hydroxylation is 3. The smallest absolute Gasteiger partial charge is 0.178 e. The number of hydrogen-bond acceptors (Lipinski definition) is 4. The number of thioether (sulfide) groups is 1. The van der Waals surface area contributed by atoms with Gasteiger partial charge in [-0.25, -0.2) is 0 Å². The number of ketones is 1. The first-order chi connectivity index (χ1) is 9.56. The van der Waals surface area contributed by atoms with Crippen molar-refractivity contribution in [3.05, 3.63) is 37.2 Å². The van der Waals surface area contributed by atoms with Crippen molar-refractivity contribution in [2.75, 3.05) is 5.75 Å². The Kier molecular flexibility index (Phi) is 4.06. The molecule has 0 atom stereocenters. The molecule has 0 radical (unpaired) electrons. The van der Waals surface area contributed by atoms with E-state index in [2.05, 4.69) is 27.1 Å². The van der Waals surface area contributed by atoms with Crippen LogP contribution in [0, 0.1) is 6.92 Å². The van der Waals surface area contributed by atoms with Crippen molar-refractivity contribution in [3.8, 4) is 0 Å². The van der Waals surface area contributed by atoms with Crippen molar-refractivity contribution in [3.63, 3.8) is 0 Å². The molecular formula is C14H15BrN2OS2. The monoisotopic (exact) mass is 370 g/mol. The fourth-order valence-electron chi connectivity index (χ4n) is 2.40. The molecule has 0 N–H and O–H groups in total. The Morgan fingerprint density at radius 1 is 1.55 bits per heavy atom. The zero-order chi connectivity index (χ0) is 14.3. The van der Waals surface area contributed by atoms with Crippen molar-refractivity contribution in [2.45, 2.75) is 25.5 Å². The number of rotatable bonds is 3. The van der Waals surface area contributed by atoms with Crippen LogP contribution in [0.5, 0.6) is 0 Å². The molecule has 0 bridgehead atoms. The van der Waals surface area contributed by atoms with Gasteiger partial charge in [-0.3, -0.25) is 9.48 Å². The number of carbonyl (C=O) groups excluding carboxylic acids is 1. The number of halogens is 1. The Labute approximate surface area is 134 Å². The third kappa shape index (κ3) is 2.61. The summed E-state index contributed by atoms with van der Waals surface area (Å²) in [5.41, 5.74) is 3.24. The number of Topliss-reactive ketones (excluding diaryl/α,β-unsaturated/α-hetero) is 1. The summed E-state index contributed by atoms with van der Waals surface area (Å²) in [6.07, 6.45) is 1.51. The molecule has 0 amide bonds. The minimum atomic E-state index is 0.193. The van der Waals surface area contributed by atoms with Crippen LogP contribution >= 0.6 is 39.0 Å². The van der Waals surface area contributed by atoms with Gasteiger partial charge >= 0.3 is 0 Å². The molecule has 0 spiro atoms. The van der Waals surface area contributed by atoms with Gasteiger partial charge in [0, 0.05) is 17.7 Å². The normalized spacial score (nSPS) is 14.3. The van der Waals surface area contributed by atoms with Gasteiger partial charge in [0.1, 0.15) is 0 Å². The van der Waals surface area contributed by atoms with Gasteiger partial charge < -0.3 is 0 Å². The van der Waals surface area contributed by atoms with Crippen LogP contribution in [0.1, 0.15) is 31.5 Å². The van der Waals surface area contributed by atoms with E-state index in [0.29, 0.717) is 6.42 Å². The van der Waals surface area contributed by atoms with Crippen LogP contribution in [0.3, 0.4) is 0 Å². The summed E-state index contributed by atoms with van der Waals surface area (Å²) in [5.74, 6) is 2.42. The highest BCUT2D eigenvalue weighted by atomic mass is 79.9. The van der Waals surface area contributed by atoms with E-state index >= 15 is 0 Å². The molecular weight excluding hydrogens is 356 g/mol. The van der Waals surface area contributed by atoms with E-state index in [4.69, 9.17) is 0 Å².